The Kier molecular flexibility index (Phi) is 5.06. The summed E-state index contributed by atoms with van der Waals surface area (Å²) in [5, 5.41) is 18.9. The van der Waals surface area contributed by atoms with Gasteiger partial charge in [-0.1, -0.05) is 31.7 Å². The van der Waals surface area contributed by atoms with Crippen LogP contribution in [0.5, 0.6) is 0 Å². The molecule has 0 saturated carbocycles. The first kappa shape index (κ1) is 16.0. The predicted molar refractivity (Wildman–Crippen MR) is 85.5 cm³/mol. The molecule has 0 bridgehead atoms. The second-order valence-electron chi connectivity index (χ2n) is 5.39. The number of hydrogen-bond donors (Lipinski definition) is 1. The number of thioether (sulfide) groups is 1. The maximum atomic E-state index is 10.3. The smallest absolute Gasteiger partial charge is 0.276 e. The Morgan fingerprint density at radius 2 is 1.86 bits per heavy atom. The molecule has 0 fully saturated rings. The van der Waals surface area contributed by atoms with Gasteiger partial charge in [0.2, 0.25) is 5.89 Å². The molecule has 0 aliphatic rings. The fraction of sp³-hybridized carbons (Fsp3) is 0.500. The van der Waals surface area contributed by atoms with Gasteiger partial charge in [-0.3, -0.25) is 0 Å². The third kappa shape index (κ3) is 3.86. The molecule has 1 aromatic carbocycles. The average molecular weight is 306 g/mol. The van der Waals surface area contributed by atoms with Gasteiger partial charge in [0.05, 0.1) is 5.60 Å². The lowest BCUT2D eigenvalue weighted by atomic mass is 10.0. The summed E-state index contributed by atoms with van der Waals surface area (Å²) in [4.78, 5) is 0. The van der Waals surface area contributed by atoms with Crippen LogP contribution in [-0.4, -0.2) is 26.7 Å². The summed E-state index contributed by atoms with van der Waals surface area (Å²) in [7, 11) is 0. The van der Waals surface area contributed by atoms with Crippen LogP contribution in [0.3, 0.4) is 0 Å². The fourth-order valence-corrected chi connectivity index (χ4v) is 2.95. The summed E-state index contributed by atoms with van der Waals surface area (Å²) in [6.45, 7) is 8.11. The Morgan fingerprint density at radius 3 is 2.48 bits per heavy atom. The lowest BCUT2D eigenvalue weighted by Gasteiger charge is -2.23. The van der Waals surface area contributed by atoms with E-state index in [1.807, 2.05) is 26.0 Å². The van der Waals surface area contributed by atoms with Gasteiger partial charge >= 0.3 is 0 Å². The minimum atomic E-state index is -0.667. The highest BCUT2D eigenvalue weighted by Crippen LogP contribution is 2.28. The summed E-state index contributed by atoms with van der Waals surface area (Å²) in [6, 6.07) is 6.08. The molecular weight excluding hydrogens is 284 g/mol. The van der Waals surface area contributed by atoms with Gasteiger partial charge < -0.3 is 9.52 Å². The van der Waals surface area contributed by atoms with Crippen LogP contribution in [0.15, 0.2) is 27.8 Å². The number of aromatic nitrogens is 2. The van der Waals surface area contributed by atoms with Crippen molar-refractivity contribution in [1.29, 1.82) is 0 Å². The fourth-order valence-electron chi connectivity index (χ4n) is 1.91. The van der Waals surface area contributed by atoms with Gasteiger partial charge in [0.25, 0.3) is 5.22 Å². The lowest BCUT2D eigenvalue weighted by molar-refractivity contribution is 0.0570. The molecule has 21 heavy (non-hydrogen) atoms. The van der Waals surface area contributed by atoms with Crippen molar-refractivity contribution in [1.82, 2.24) is 10.2 Å². The van der Waals surface area contributed by atoms with Crippen LogP contribution in [-0.2, 0) is 0 Å². The molecular formula is C16H22N2O2S. The highest BCUT2D eigenvalue weighted by Gasteiger charge is 2.23. The second-order valence-corrected chi connectivity index (χ2v) is 6.32. The molecule has 0 aliphatic carbocycles. The molecule has 0 aliphatic heterocycles. The summed E-state index contributed by atoms with van der Waals surface area (Å²) < 4.78 is 5.68. The van der Waals surface area contributed by atoms with Crippen molar-refractivity contribution in [3.63, 3.8) is 0 Å². The van der Waals surface area contributed by atoms with E-state index < -0.39 is 5.60 Å². The van der Waals surface area contributed by atoms with Crippen molar-refractivity contribution in [2.24, 2.45) is 0 Å². The first-order valence-electron chi connectivity index (χ1n) is 7.23. The van der Waals surface area contributed by atoms with Crippen LogP contribution in [0.1, 0.15) is 37.8 Å². The van der Waals surface area contributed by atoms with Crippen LogP contribution in [0, 0.1) is 13.8 Å². The predicted octanol–water partition coefficient (Wildman–Crippen LogP) is 4.00. The van der Waals surface area contributed by atoms with Gasteiger partial charge in [-0.2, -0.15) is 0 Å². The van der Waals surface area contributed by atoms with E-state index >= 15 is 0 Å². The summed E-state index contributed by atoms with van der Waals surface area (Å²) in [5.74, 6) is 1.09. The molecule has 4 nitrogen and oxygen atoms in total. The molecule has 0 saturated heterocycles. The Morgan fingerprint density at radius 1 is 1.14 bits per heavy atom. The van der Waals surface area contributed by atoms with Gasteiger partial charge in [-0.05, 0) is 49.9 Å². The monoisotopic (exact) mass is 306 g/mol. The van der Waals surface area contributed by atoms with Gasteiger partial charge in [0, 0.05) is 11.3 Å². The number of nitrogens with zero attached hydrogens (tertiary/aromatic N) is 2. The van der Waals surface area contributed by atoms with E-state index in [4.69, 9.17) is 4.42 Å². The average Bonchev–Trinajstić information content (AvgIpc) is 2.96. The summed E-state index contributed by atoms with van der Waals surface area (Å²) in [5.41, 5.74) is 2.70. The molecule has 5 heteroatoms. The highest BCUT2D eigenvalue weighted by molar-refractivity contribution is 7.99. The molecule has 0 amide bonds. The third-order valence-corrected chi connectivity index (χ3v) is 5.03. The van der Waals surface area contributed by atoms with Crippen molar-refractivity contribution >= 4 is 11.8 Å². The van der Waals surface area contributed by atoms with Crippen LogP contribution in [0.2, 0.25) is 0 Å². The van der Waals surface area contributed by atoms with Crippen molar-refractivity contribution in [2.75, 3.05) is 5.75 Å². The Bertz CT molecular complexity index is 606. The molecule has 1 heterocycles. The topological polar surface area (TPSA) is 59.2 Å². The Hall–Kier alpha value is -1.33. The molecule has 0 atom stereocenters. The third-order valence-electron chi connectivity index (χ3n) is 3.94. The van der Waals surface area contributed by atoms with Crippen LogP contribution < -0.4 is 0 Å². The second kappa shape index (κ2) is 6.62. The normalized spacial score (nSPS) is 11.9. The number of aryl methyl sites for hydroxylation is 2. The van der Waals surface area contributed by atoms with Crippen molar-refractivity contribution < 1.29 is 9.52 Å². The standard InChI is InChI=1S/C16H22N2O2S/c1-5-16(19,6-2)10-21-15-18-17-14(20-15)13-8-7-11(3)12(4)9-13/h7-9,19H,5-6,10H2,1-4H3. The zero-order valence-corrected chi connectivity index (χ0v) is 13.8. The zero-order chi connectivity index (χ0) is 15.5. The van der Waals surface area contributed by atoms with Crippen LogP contribution in [0.4, 0.5) is 0 Å². The van der Waals surface area contributed by atoms with Gasteiger partial charge in [0.1, 0.15) is 0 Å². The van der Waals surface area contributed by atoms with Crippen molar-refractivity contribution in [2.45, 2.75) is 51.4 Å². The van der Waals surface area contributed by atoms with E-state index in [1.54, 1.807) is 0 Å². The lowest BCUT2D eigenvalue weighted by Crippen LogP contribution is -2.29. The quantitative estimate of drug-likeness (QED) is 0.818. The highest BCUT2D eigenvalue weighted by atomic mass is 32.2. The number of rotatable bonds is 6. The zero-order valence-electron chi connectivity index (χ0n) is 13.0. The molecule has 2 rings (SSSR count). The molecule has 2 aromatic rings. The van der Waals surface area contributed by atoms with Crippen LogP contribution in [0.25, 0.3) is 11.5 Å². The number of aliphatic hydroxyl groups is 1. The minimum Gasteiger partial charge on any atom is -0.411 e. The first-order chi connectivity index (χ1) is 9.97. The van der Waals surface area contributed by atoms with E-state index in [2.05, 4.69) is 30.1 Å². The number of benzene rings is 1. The molecule has 1 N–H and O–H groups in total. The summed E-state index contributed by atoms with van der Waals surface area (Å²) in [6.07, 6.45) is 1.43. The van der Waals surface area contributed by atoms with Gasteiger partial charge in [0.15, 0.2) is 0 Å². The maximum Gasteiger partial charge on any atom is 0.276 e. The van der Waals surface area contributed by atoms with Gasteiger partial charge in [-0.25, -0.2) is 0 Å². The minimum absolute atomic E-state index is 0.503. The molecule has 114 valence electrons. The van der Waals surface area contributed by atoms with Crippen molar-refractivity contribution in [3.05, 3.63) is 29.3 Å². The van der Waals surface area contributed by atoms with E-state index in [9.17, 15) is 5.11 Å². The van der Waals surface area contributed by atoms with E-state index in [0.717, 1.165) is 5.56 Å². The SMILES string of the molecule is CCC(O)(CC)CSc1nnc(-c2ccc(C)c(C)c2)o1. The first-order valence-corrected chi connectivity index (χ1v) is 8.22. The number of hydrogen-bond acceptors (Lipinski definition) is 5. The largest absolute Gasteiger partial charge is 0.411 e. The van der Waals surface area contributed by atoms with E-state index in [-0.39, 0.29) is 0 Å². The molecule has 0 unspecified atom stereocenters. The summed E-state index contributed by atoms with van der Waals surface area (Å²) >= 11 is 1.41. The van der Waals surface area contributed by atoms with Gasteiger partial charge in [-0.15, -0.1) is 10.2 Å². The molecule has 1 aromatic heterocycles. The maximum absolute atomic E-state index is 10.3. The molecule has 0 spiro atoms. The Balaban J connectivity index is 2.09. The van der Waals surface area contributed by atoms with E-state index in [1.165, 1.54) is 22.9 Å². The molecule has 0 radical (unpaired) electrons. The van der Waals surface area contributed by atoms with Crippen molar-refractivity contribution in [3.8, 4) is 11.5 Å². The van der Waals surface area contributed by atoms with Crippen LogP contribution >= 0.6 is 11.8 Å². The Labute approximate surface area is 130 Å². The van der Waals surface area contributed by atoms with E-state index in [0.29, 0.717) is 29.7 Å².